The van der Waals surface area contributed by atoms with Gasteiger partial charge in [-0.3, -0.25) is 0 Å². The van der Waals surface area contributed by atoms with Crippen LogP contribution in [0.2, 0.25) is 0 Å². The van der Waals surface area contributed by atoms with Gasteiger partial charge in [0, 0.05) is 18.7 Å². The van der Waals surface area contributed by atoms with Crippen LogP contribution in [0, 0.1) is 0 Å². The molecule has 0 bridgehead atoms. The lowest BCUT2D eigenvalue weighted by Gasteiger charge is -2.38. The van der Waals surface area contributed by atoms with Gasteiger partial charge in [-0.2, -0.15) is 0 Å². The Kier molecular flexibility index (Phi) is 3.27. The van der Waals surface area contributed by atoms with E-state index in [4.69, 9.17) is 9.47 Å². The number of hydrogen-bond donors (Lipinski definition) is 1. The summed E-state index contributed by atoms with van der Waals surface area (Å²) in [5.41, 5.74) is 4.30. The highest BCUT2D eigenvalue weighted by molar-refractivity contribution is 5.52. The number of allylic oxidation sites excluding steroid dienone is 1. The molecule has 0 spiro atoms. The zero-order chi connectivity index (χ0) is 12.5. The molecular formula is C15H21NO2. The summed E-state index contributed by atoms with van der Waals surface area (Å²) < 4.78 is 11.2. The Balaban J connectivity index is 2.09. The second kappa shape index (κ2) is 4.90. The Morgan fingerprint density at radius 3 is 2.94 bits per heavy atom. The van der Waals surface area contributed by atoms with E-state index in [0.29, 0.717) is 6.04 Å². The van der Waals surface area contributed by atoms with Crippen molar-refractivity contribution in [2.45, 2.75) is 37.8 Å². The topological polar surface area (TPSA) is 30.5 Å². The Bertz CT molecular complexity index is 434. The molecular weight excluding hydrogens is 226 g/mol. The second-order valence-corrected chi connectivity index (χ2v) is 5.15. The largest absolute Gasteiger partial charge is 0.496 e. The smallest absolute Gasteiger partial charge is 0.122 e. The monoisotopic (exact) mass is 247 g/mol. The first-order chi connectivity index (χ1) is 8.85. The highest BCUT2D eigenvalue weighted by atomic mass is 16.5. The summed E-state index contributed by atoms with van der Waals surface area (Å²) in [6.45, 7) is 1.14. The molecule has 0 saturated carbocycles. The van der Waals surface area contributed by atoms with Crippen molar-refractivity contribution in [2.75, 3.05) is 20.8 Å². The van der Waals surface area contributed by atoms with Crippen molar-refractivity contribution in [2.24, 2.45) is 0 Å². The summed E-state index contributed by atoms with van der Waals surface area (Å²) in [5, 5.41) is 3.63. The number of nitrogens with one attached hydrogen (secondary N) is 1. The molecule has 0 aromatic carbocycles. The van der Waals surface area contributed by atoms with Gasteiger partial charge in [-0.1, -0.05) is 0 Å². The molecule has 1 fully saturated rings. The van der Waals surface area contributed by atoms with Crippen LogP contribution in [-0.2, 0) is 9.47 Å². The van der Waals surface area contributed by atoms with Crippen LogP contribution in [0.25, 0.3) is 0 Å². The molecule has 1 N–H and O–H groups in total. The summed E-state index contributed by atoms with van der Waals surface area (Å²) in [6, 6.07) is 0.555. The third-order valence-corrected chi connectivity index (χ3v) is 4.27. The van der Waals surface area contributed by atoms with Crippen molar-refractivity contribution >= 4 is 0 Å². The Morgan fingerprint density at radius 2 is 2.17 bits per heavy atom. The first kappa shape index (κ1) is 12.0. The molecule has 0 radical (unpaired) electrons. The van der Waals surface area contributed by atoms with Gasteiger partial charge < -0.3 is 14.8 Å². The average molecular weight is 247 g/mol. The molecule has 0 aromatic rings. The van der Waals surface area contributed by atoms with Crippen molar-refractivity contribution < 1.29 is 9.47 Å². The molecule has 3 rings (SSSR count). The normalized spacial score (nSPS) is 31.2. The van der Waals surface area contributed by atoms with Gasteiger partial charge >= 0.3 is 0 Å². The molecule has 3 nitrogen and oxygen atoms in total. The van der Waals surface area contributed by atoms with Crippen LogP contribution >= 0.6 is 0 Å². The third kappa shape index (κ3) is 1.82. The van der Waals surface area contributed by atoms with Gasteiger partial charge in [0.1, 0.15) is 11.9 Å². The number of piperidine rings is 1. The van der Waals surface area contributed by atoms with Gasteiger partial charge in [0.25, 0.3) is 0 Å². The molecule has 3 heteroatoms. The quantitative estimate of drug-likeness (QED) is 0.812. The molecule has 2 atom stereocenters. The fourth-order valence-electron chi connectivity index (χ4n) is 3.44. The standard InChI is InChI=1S/C15H21NO2/c1-17-13-7-8-14(18-2)15-10-4-3-9-16-12(10)6-5-11(13)15/h7-8,12,14,16H,3-6,9H2,1-2H3. The Morgan fingerprint density at radius 1 is 1.28 bits per heavy atom. The van der Waals surface area contributed by atoms with Crippen LogP contribution in [0.15, 0.2) is 34.6 Å². The van der Waals surface area contributed by atoms with E-state index in [9.17, 15) is 0 Å². The number of hydrogen-bond acceptors (Lipinski definition) is 3. The minimum Gasteiger partial charge on any atom is -0.496 e. The van der Waals surface area contributed by atoms with Crippen molar-refractivity contribution in [3.8, 4) is 0 Å². The molecule has 1 saturated heterocycles. The summed E-state index contributed by atoms with van der Waals surface area (Å²) in [7, 11) is 3.55. The number of ether oxygens (including phenoxy) is 2. The zero-order valence-corrected chi connectivity index (χ0v) is 11.2. The van der Waals surface area contributed by atoms with E-state index in [2.05, 4.69) is 17.5 Å². The van der Waals surface area contributed by atoms with Crippen molar-refractivity contribution in [3.05, 3.63) is 34.6 Å². The lowest BCUT2D eigenvalue weighted by molar-refractivity contribution is 0.162. The van der Waals surface area contributed by atoms with Gasteiger partial charge in [0.05, 0.1) is 7.11 Å². The fourth-order valence-corrected chi connectivity index (χ4v) is 3.44. The Labute approximate surface area is 109 Å². The minimum absolute atomic E-state index is 0.108. The first-order valence-corrected chi connectivity index (χ1v) is 6.80. The van der Waals surface area contributed by atoms with Crippen LogP contribution in [0.4, 0.5) is 0 Å². The van der Waals surface area contributed by atoms with Crippen molar-refractivity contribution in [1.82, 2.24) is 5.32 Å². The fraction of sp³-hybridized carbons (Fsp3) is 0.600. The lowest BCUT2D eigenvalue weighted by atomic mass is 9.76. The molecule has 18 heavy (non-hydrogen) atoms. The van der Waals surface area contributed by atoms with Gasteiger partial charge in [0.2, 0.25) is 0 Å². The molecule has 2 unspecified atom stereocenters. The maximum Gasteiger partial charge on any atom is 0.122 e. The first-order valence-electron chi connectivity index (χ1n) is 6.80. The Hall–Kier alpha value is -1.06. The summed E-state index contributed by atoms with van der Waals surface area (Å²) in [6.07, 6.45) is 8.98. The highest BCUT2D eigenvalue weighted by Crippen LogP contribution is 2.40. The van der Waals surface area contributed by atoms with E-state index in [0.717, 1.165) is 18.7 Å². The average Bonchev–Trinajstić information content (AvgIpc) is 2.45. The summed E-state index contributed by atoms with van der Waals surface area (Å²) >= 11 is 0. The maximum absolute atomic E-state index is 5.64. The third-order valence-electron chi connectivity index (χ3n) is 4.27. The van der Waals surface area contributed by atoms with Crippen LogP contribution in [0.3, 0.4) is 0 Å². The molecule has 1 heterocycles. The minimum atomic E-state index is 0.108. The van der Waals surface area contributed by atoms with E-state index >= 15 is 0 Å². The summed E-state index contributed by atoms with van der Waals surface area (Å²) in [5.74, 6) is 1.02. The predicted octanol–water partition coefficient (Wildman–Crippen LogP) is 2.31. The second-order valence-electron chi connectivity index (χ2n) is 5.15. The van der Waals surface area contributed by atoms with Crippen LogP contribution in [0.5, 0.6) is 0 Å². The van der Waals surface area contributed by atoms with E-state index in [1.165, 1.54) is 30.4 Å². The molecule has 98 valence electrons. The van der Waals surface area contributed by atoms with Crippen LogP contribution in [-0.4, -0.2) is 32.9 Å². The molecule has 3 aliphatic rings. The lowest BCUT2D eigenvalue weighted by Crippen LogP contribution is -2.41. The van der Waals surface area contributed by atoms with E-state index in [-0.39, 0.29) is 6.10 Å². The van der Waals surface area contributed by atoms with E-state index < -0.39 is 0 Å². The van der Waals surface area contributed by atoms with Crippen LogP contribution in [0.1, 0.15) is 25.7 Å². The van der Waals surface area contributed by atoms with Crippen molar-refractivity contribution in [1.29, 1.82) is 0 Å². The molecule has 2 aliphatic carbocycles. The number of methoxy groups -OCH3 is 2. The van der Waals surface area contributed by atoms with Crippen molar-refractivity contribution in [3.63, 3.8) is 0 Å². The van der Waals surface area contributed by atoms with E-state index in [1.54, 1.807) is 19.8 Å². The summed E-state index contributed by atoms with van der Waals surface area (Å²) in [4.78, 5) is 0. The van der Waals surface area contributed by atoms with E-state index in [1.807, 2.05) is 0 Å². The highest BCUT2D eigenvalue weighted by Gasteiger charge is 2.34. The van der Waals surface area contributed by atoms with Gasteiger partial charge in [-0.25, -0.2) is 0 Å². The predicted molar refractivity (Wildman–Crippen MR) is 71.3 cm³/mol. The zero-order valence-electron chi connectivity index (χ0n) is 11.2. The van der Waals surface area contributed by atoms with Gasteiger partial charge in [-0.15, -0.1) is 0 Å². The molecule has 0 amide bonds. The van der Waals surface area contributed by atoms with Gasteiger partial charge in [-0.05, 0) is 55.5 Å². The SMILES string of the molecule is COC1=C2CCC3NCCCC3=C2C(OC)C=C1. The maximum atomic E-state index is 5.64. The number of fused-ring (bicyclic) bond motifs is 2. The number of rotatable bonds is 2. The molecule has 1 aliphatic heterocycles. The molecule has 0 aromatic heterocycles. The van der Waals surface area contributed by atoms with Gasteiger partial charge in [0.15, 0.2) is 0 Å². The van der Waals surface area contributed by atoms with Crippen LogP contribution < -0.4 is 5.32 Å².